The fourth-order valence-corrected chi connectivity index (χ4v) is 8.50. The summed E-state index contributed by atoms with van der Waals surface area (Å²) in [6, 6.07) is 52.6. The van der Waals surface area contributed by atoms with Gasteiger partial charge in [-0.3, -0.25) is 0 Å². The predicted molar refractivity (Wildman–Crippen MR) is 243 cm³/mol. The Morgan fingerprint density at radius 1 is 0.492 bits per heavy atom. The summed E-state index contributed by atoms with van der Waals surface area (Å²) >= 11 is 0. The van der Waals surface area contributed by atoms with Crippen molar-refractivity contribution < 1.29 is 12.6 Å². The van der Waals surface area contributed by atoms with E-state index in [9.17, 15) is 2.74 Å². The molecule has 4 heteroatoms. The molecule has 280 valence electrons. The van der Waals surface area contributed by atoms with Crippen LogP contribution in [-0.4, -0.2) is 9.97 Å². The number of benzene rings is 8. The lowest BCUT2D eigenvalue weighted by atomic mass is 9.82. The Morgan fingerprint density at radius 2 is 1.08 bits per heavy atom. The zero-order valence-corrected chi connectivity index (χ0v) is 32.3. The molecule has 0 spiro atoms. The monoisotopic (exact) mass is 763 g/mol. The third kappa shape index (κ3) is 5.92. The maximum atomic E-state index is 10.1. The second-order valence-corrected chi connectivity index (χ2v) is 15.3. The second kappa shape index (κ2) is 13.8. The van der Waals surface area contributed by atoms with Crippen LogP contribution in [-0.2, 0) is 5.41 Å². The maximum Gasteiger partial charge on any atom is 0.161 e. The van der Waals surface area contributed by atoms with Gasteiger partial charge in [-0.25, -0.2) is 9.97 Å². The van der Waals surface area contributed by atoms with E-state index >= 15 is 0 Å². The molecule has 2 heterocycles. The Kier molecular flexibility index (Phi) is 6.74. The van der Waals surface area contributed by atoms with Gasteiger partial charge in [0.2, 0.25) is 0 Å². The fraction of sp³-hybridized carbons (Fsp3) is 0.0545. The number of hydrogen-bond acceptors (Lipinski definition) is 4. The van der Waals surface area contributed by atoms with E-state index in [1.807, 2.05) is 109 Å². The van der Waals surface area contributed by atoms with E-state index < -0.39 is 12.1 Å². The van der Waals surface area contributed by atoms with Crippen LogP contribution in [0.4, 0.5) is 17.1 Å². The molecular weight excluding hydrogens is 719 g/mol. The molecule has 8 aromatic carbocycles. The summed E-state index contributed by atoms with van der Waals surface area (Å²) in [4.78, 5) is 12.4. The van der Waals surface area contributed by atoms with Crippen LogP contribution >= 0.6 is 0 Å². The van der Waals surface area contributed by atoms with E-state index in [0.29, 0.717) is 17.0 Å². The van der Waals surface area contributed by atoms with Gasteiger partial charge in [-0.05, 0) is 94.0 Å². The minimum Gasteiger partial charge on any atom is -0.456 e. The normalized spacial score (nSPS) is 14.1. The van der Waals surface area contributed by atoms with E-state index in [4.69, 9.17) is 19.9 Å². The number of anilines is 3. The molecule has 2 aromatic heterocycles. The third-order valence-corrected chi connectivity index (χ3v) is 11.4. The minimum absolute atomic E-state index is 0.0136. The topological polar surface area (TPSA) is 42.2 Å². The number of para-hydroxylation sites is 2. The number of hydrogen-bond donors (Lipinski definition) is 0. The SMILES string of the molecule is [2H]c1c([2H])c([2H])c2c(oc3c([2H])c(-c4ccc(N(c5ccccc5)c5ccc6c(c5)C(C)(C)c5ccccc5-6)cc4)c([2H])c(-c4nc(-c5ccccc5)cc(-c5ccccc5)n4)c32)c1[2H]. The molecule has 59 heavy (non-hydrogen) atoms. The van der Waals surface area contributed by atoms with Crippen molar-refractivity contribution >= 4 is 39.0 Å². The third-order valence-electron chi connectivity index (χ3n) is 11.4. The van der Waals surface area contributed by atoms with Gasteiger partial charge in [0, 0.05) is 49.9 Å². The summed E-state index contributed by atoms with van der Waals surface area (Å²) in [6.45, 7) is 4.54. The molecule has 4 nitrogen and oxygen atoms in total. The average molecular weight is 764 g/mol. The van der Waals surface area contributed by atoms with E-state index in [1.165, 1.54) is 22.3 Å². The average Bonchev–Trinajstić information content (AvgIpc) is 3.85. The Hall–Kier alpha value is -7.56. The van der Waals surface area contributed by atoms with E-state index in [0.717, 1.165) is 28.2 Å². The van der Waals surface area contributed by atoms with Crippen LogP contribution in [0.1, 0.15) is 33.2 Å². The highest BCUT2D eigenvalue weighted by atomic mass is 16.3. The molecule has 0 radical (unpaired) electrons. The van der Waals surface area contributed by atoms with Crippen LogP contribution in [0, 0.1) is 0 Å². The highest BCUT2D eigenvalue weighted by molar-refractivity contribution is 6.13. The summed E-state index contributed by atoms with van der Waals surface area (Å²) in [6.07, 6.45) is 0. The van der Waals surface area contributed by atoms with Crippen LogP contribution in [0.2, 0.25) is 0 Å². The highest BCUT2D eigenvalue weighted by Gasteiger charge is 2.35. The van der Waals surface area contributed by atoms with Crippen LogP contribution < -0.4 is 4.90 Å². The van der Waals surface area contributed by atoms with Crippen molar-refractivity contribution in [1.82, 2.24) is 9.97 Å². The van der Waals surface area contributed by atoms with Gasteiger partial charge in [-0.15, -0.1) is 0 Å². The van der Waals surface area contributed by atoms with Gasteiger partial charge in [0.1, 0.15) is 11.2 Å². The molecule has 0 fully saturated rings. The molecule has 0 bridgehead atoms. The zero-order valence-electron chi connectivity index (χ0n) is 38.3. The zero-order chi connectivity index (χ0) is 44.7. The quantitative estimate of drug-likeness (QED) is 0.162. The van der Waals surface area contributed by atoms with Gasteiger partial charge >= 0.3 is 0 Å². The lowest BCUT2D eigenvalue weighted by Gasteiger charge is -2.28. The van der Waals surface area contributed by atoms with Gasteiger partial charge in [0.25, 0.3) is 0 Å². The summed E-state index contributed by atoms with van der Waals surface area (Å²) in [5.41, 5.74) is 11.4. The Bertz CT molecular complexity index is 3460. The van der Waals surface area contributed by atoms with E-state index in [2.05, 4.69) is 73.3 Å². The fourth-order valence-electron chi connectivity index (χ4n) is 8.50. The van der Waals surface area contributed by atoms with Gasteiger partial charge in [-0.2, -0.15) is 0 Å². The van der Waals surface area contributed by atoms with Crippen molar-refractivity contribution in [1.29, 1.82) is 0 Å². The molecule has 0 atom stereocenters. The number of rotatable bonds is 7. The summed E-state index contributed by atoms with van der Waals surface area (Å²) < 4.78 is 61.1. The number of furan rings is 1. The lowest BCUT2D eigenvalue weighted by Crippen LogP contribution is -2.16. The second-order valence-electron chi connectivity index (χ2n) is 15.3. The molecule has 0 saturated carbocycles. The predicted octanol–water partition coefficient (Wildman–Crippen LogP) is 14.8. The van der Waals surface area contributed by atoms with E-state index in [1.54, 1.807) is 0 Å². The first-order chi connectivity index (χ1) is 31.5. The molecule has 0 amide bonds. The standard InChI is InChI=1S/C55H39N3O/c1-55(2)47-24-14-12-22-43(47)44-31-30-42(34-48(44)55)58(40-20-10-5-11-21-40)41-28-26-36(27-29-41)39-32-46(53-45-23-13-15-25-51(45)59-52(53)33-39)54-56-49(37-16-6-3-7-17-37)35-50(57-54)38-18-8-4-9-19-38/h3-35H,1-2H3/i13D,15D,23D,25D,32D,33D. The molecule has 1 aliphatic rings. The summed E-state index contributed by atoms with van der Waals surface area (Å²) in [5, 5.41) is 0.252. The lowest BCUT2D eigenvalue weighted by molar-refractivity contribution is 0.660. The van der Waals surface area contributed by atoms with Crippen molar-refractivity contribution in [2.45, 2.75) is 19.3 Å². The van der Waals surface area contributed by atoms with Crippen molar-refractivity contribution in [3.05, 3.63) is 211 Å². The smallest absolute Gasteiger partial charge is 0.161 e. The first kappa shape index (κ1) is 28.8. The van der Waals surface area contributed by atoms with Crippen LogP contribution in [0.5, 0.6) is 0 Å². The highest BCUT2D eigenvalue weighted by Crippen LogP contribution is 2.51. The van der Waals surface area contributed by atoms with Crippen LogP contribution in [0.3, 0.4) is 0 Å². The Labute approximate surface area is 352 Å². The number of aromatic nitrogens is 2. The minimum atomic E-state index is -0.454. The van der Waals surface area contributed by atoms with E-state index in [-0.39, 0.29) is 68.5 Å². The first-order valence-electron chi connectivity index (χ1n) is 22.7. The van der Waals surface area contributed by atoms with Gasteiger partial charge in [0.15, 0.2) is 5.82 Å². The van der Waals surface area contributed by atoms with Crippen LogP contribution in [0.25, 0.3) is 78.1 Å². The molecule has 0 N–H and O–H groups in total. The van der Waals surface area contributed by atoms with Gasteiger partial charge < -0.3 is 9.32 Å². The Balaban J connectivity index is 1.13. The van der Waals surface area contributed by atoms with Crippen LogP contribution in [0.15, 0.2) is 204 Å². The molecule has 0 unspecified atom stereocenters. The molecule has 1 aliphatic carbocycles. The molecular formula is C55H39N3O. The Morgan fingerprint density at radius 3 is 1.80 bits per heavy atom. The first-order valence-corrected chi connectivity index (χ1v) is 19.7. The molecule has 0 aliphatic heterocycles. The summed E-state index contributed by atoms with van der Waals surface area (Å²) in [7, 11) is 0. The van der Waals surface area contributed by atoms with Gasteiger partial charge in [0.05, 0.1) is 19.6 Å². The van der Waals surface area contributed by atoms with Crippen molar-refractivity contribution in [3.63, 3.8) is 0 Å². The summed E-state index contributed by atoms with van der Waals surface area (Å²) in [5.74, 6) is 0.158. The maximum absolute atomic E-state index is 10.1. The van der Waals surface area contributed by atoms with Crippen molar-refractivity contribution in [2.24, 2.45) is 0 Å². The van der Waals surface area contributed by atoms with Crippen molar-refractivity contribution in [3.8, 4) is 56.2 Å². The number of nitrogens with zero attached hydrogens (tertiary/aromatic N) is 3. The molecule has 10 aromatic rings. The largest absolute Gasteiger partial charge is 0.456 e. The molecule has 11 rings (SSSR count). The molecule has 0 saturated heterocycles. The number of fused-ring (bicyclic) bond motifs is 6. The van der Waals surface area contributed by atoms with Gasteiger partial charge in [-0.1, -0.05) is 153 Å². The van der Waals surface area contributed by atoms with Crippen molar-refractivity contribution in [2.75, 3.05) is 4.90 Å².